The third-order valence-electron chi connectivity index (χ3n) is 5.96. The summed E-state index contributed by atoms with van der Waals surface area (Å²) in [7, 11) is -2.37. The van der Waals surface area contributed by atoms with E-state index >= 15 is 8.78 Å². The summed E-state index contributed by atoms with van der Waals surface area (Å²) in [4.78, 5) is 11.7. The third kappa shape index (κ3) is 5.90. The van der Waals surface area contributed by atoms with Crippen molar-refractivity contribution in [2.24, 2.45) is 5.73 Å². The number of aryl methyl sites for hydroxylation is 1. The average molecular weight is 457 g/mol. The minimum Gasteiger partial charge on any atom is -0.404 e. The molecule has 0 aliphatic carbocycles. The van der Waals surface area contributed by atoms with E-state index in [0.29, 0.717) is 5.56 Å². The Morgan fingerprint density at radius 2 is 1.75 bits per heavy atom. The number of rotatable bonds is 10. The fraction of sp³-hybridized carbons (Fsp3) is 0.360. The van der Waals surface area contributed by atoms with Gasteiger partial charge in [0.05, 0.1) is 11.6 Å². The fourth-order valence-corrected chi connectivity index (χ4v) is 6.44. The highest BCUT2D eigenvalue weighted by Crippen LogP contribution is 2.41. The summed E-state index contributed by atoms with van der Waals surface area (Å²) in [5.41, 5.74) is 7.25. The molecule has 0 spiro atoms. The van der Waals surface area contributed by atoms with E-state index in [4.69, 9.17) is 15.4 Å². The molecule has 0 aliphatic rings. The van der Waals surface area contributed by atoms with Crippen LogP contribution in [0.5, 0.6) is 0 Å². The molecule has 0 heterocycles. The molecule has 2 aromatic carbocycles. The first kappa shape index (κ1) is 25.4. The van der Waals surface area contributed by atoms with E-state index < -0.39 is 26.3 Å². The number of halogens is 2. The predicted molar refractivity (Wildman–Crippen MR) is 126 cm³/mol. The summed E-state index contributed by atoms with van der Waals surface area (Å²) in [6.45, 7) is 7.87. The van der Waals surface area contributed by atoms with Gasteiger partial charge in [-0.1, -0.05) is 56.7 Å². The van der Waals surface area contributed by atoms with Gasteiger partial charge in [0.2, 0.25) is 5.91 Å². The lowest BCUT2D eigenvalue weighted by Crippen LogP contribution is -2.41. The second kappa shape index (κ2) is 10.7. The Balaban J connectivity index is 2.54. The number of nitrogens with zero attached hydrogens (tertiary/aromatic N) is 1. The number of carbonyl (C=O) groups excluding carboxylic acids is 1. The van der Waals surface area contributed by atoms with E-state index in [0.717, 1.165) is 35.8 Å². The number of alkyl halides is 2. The molecule has 170 valence electrons. The molecule has 1 unspecified atom stereocenters. The van der Waals surface area contributed by atoms with E-state index in [9.17, 15) is 4.79 Å². The summed E-state index contributed by atoms with van der Waals surface area (Å²) in [5.74, 6) is -4.11. The van der Waals surface area contributed by atoms with Gasteiger partial charge in [0.15, 0.2) is 8.32 Å². The van der Waals surface area contributed by atoms with Crippen LogP contribution < -0.4 is 5.73 Å². The number of carbonyl (C=O) groups is 1. The van der Waals surface area contributed by atoms with Gasteiger partial charge < -0.3 is 10.2 Å². The van der Waals surface area contributed by atoms with Crippen LogP contribution in [0.25, 0.3) is 6.08 Å². The fourth-order valence-electron chi connectivity index (χ4n) is 3.64. The first-order chi connectivity index (χ1) is 15.1. The van der Waals surface area contributed by atoms with Gasteiger partial charge >= 0.3 is 0 Å². The lowest BCUT2D eigenvalue weighted by atomic mass is 9.99. The maximum absolute atomic E-state index is 15.6. The van der Waals surface area contributed by atoms with E-state index in [2.05, 4.69) is 0 Å². The van der Waals surface area contributed by atoms with Crippen LogP contribution in [-0.2, 0) is 4.43 Å². The van der Waals surface area contributed by atoms with Crippen LogP contribution >= 0.6 is 0 Å². The molecule has 4 nitrogen and oxygen atoms in total. The molecule has 0 radical (unpaired) electrons. The van der Waals surface area contributed by atoms with Gasteiger partial charge in [-0.3, -0.25) is 4.79 Å². The van der Waals surface area contributed by atoms with Crippen molar-refractivity contribution < 1.29 is 18.0 Å². The van der Waals surface area contributed by atoms with Crippen molar-refractivity contribution in [1.82, 2.24) is 0 Å². The highest BCUT2D eigenvalue weighted by atomic mass is 28.4. The Hall–Kier alpha value is -2.82. The summed E-state index contributed by atoms with van der Waals surface area (Å²) < 4.78 is 37.6. The van der Waals surface area contributed by atoms with Crippen molar-refractivity contribution in [2.45, 2.75) is 57.9 Å². The molecule has 0 aromatic heterocycles. The van der Waals surface area contributed by atoms with Gasteiger partial charge in [-0.15, -0.1) is 0 Å². The minimum absolute atomic E-state index is 0.0725. The Bertz CT molecular complexity index is 1000. The summed E-state index contributed by atoms with van der Waals surface area (Å²) in [5, 5.41) is 9.13. The number of hydrogen-bond donors (Lipinski definition) is 1. The van der Waals surface area contributed by atoms with Crippen LogP contribution in [0.15, 0.2) is 48.5 Å². The number of amides is 1. The number of hydrogen-bond acceptors (Lipinski definition) is 3. The van der Waals surface area contributed by atoms with Gasteiger partial charge in [0.25, 0.3) is 5.92 Å². The number of primary amides is 1. The largest absolute Gasteiger partial charge is 0.404 e. The second-order valence-corrected chi connectivity index (χ2v) is 12.7. The number of nitrogens with two attached hydrogens (primary N) is 1. The SMILES string of the molecule is CC[Si](CC)(CC)OC(c1ccc(C)cc1)C(F)(F)C=Cc1cc(C#N)ccc1C(N)=O. The highest BCUT2D eigenvalue weighted by Gasteiger charge is 2.44. The normalized spacial score (nSPS) is 13.2. The lowest BCUT2D eigenvalue weighted by Gasteiger charge is -2.36. The Labute approximate surface area is 189 Å². The lowest BCUT2D eigenvalue weighted by molar-refractivity contribution is -0.0627. The Morgan fingerprint density at radius 1 is 1.16 bits per heavy atom. The Morgan fingerprint density at radius 3 is 2.25 bits per heavy atom. The molecule has 0 saturated carbocycles. The van der Waals surface area contributed by atoms with Crippen LogP contribution in [0.4, 0.5) is 8.78 Å². The summed E-state index contributed by atoms with van der Waals surface area (Å²) in [6.07, 6.45) is 0.445. The Kier molecular flexibility index (Phi) is 8.48. The molecule has 0 saturated heterocycles. The zero-order valence-corrected chi connectivity index (χ0v) is 20.0. The van der Waals surface area contributed by atoms with Gasteiger partial charge in [-0.2, -0.15) is 14.0 Å². The quantitative estimate of drug-likeness (QED) is 0.422. The average Bonchev–Trinajstić information content (AvgIpc) is 2.79. The standard InChI is InChI=1S/C25H30F2N2O2Si/c1-5-32(6-2,7-3)31-23(20-11-8-18(4)9-12-20)25(26,27)15-14-21-16-19(17-28)10-13-22(21)24(29)30/h8-16,23H,5-7H2,1-4H3,(H2,29,30). The molecule has 0 fully saturated rings. The monoisotopic (exact) mass is 456 g/mol. The smallest absolute Gasteiger partial charge is 0.295 e. The molecule has 0 bridgehead atoms. The van der Waals surface area contributed by atoms with Gasteiger partial charge in [0.1, 0.15) is 6.10 Å². The van der Waals surface area contributed by atoms with Gasteiger partial charge in [-0.05, 0) is 60.5 Å². The molecule has 0 aliphatic heterocycles. The van der Waals surface area contributed by atoms with Crippen molar-refractivity contribution >= 4 is 20.3 Å². The zero-order valence-electron chi connectivity index (χ0n) is 19.0. The molecular weight excluding hydrogens is 426 g/mol. The maximum atomic E-state index is 15.6. The van der Waals surface area contributed by atoms with Crippen molar-refractivity contribution in [2.75, 3.05) is 0 Å². The van der Waals surface area contributed by atoms with E-state index in [1.54, 1.807) is 24.3 Å². The van der Waals surface area contributed by atoms with Crippen LogP contribution in [0, 0.1) is 18.3 Å². The second-order valence-electron chi connectivity index (χ2n) is 7.94. The molecular formula is C25H30F2N2O2Si. The van der Waals surface area contributed by atoms with Crippen LogP contribution in [0.2, 0.25) is 18.1 Å². The van der Waals surface area contributed by atoms with Crippen LogP contribution in [0.3, 0.4) is 0 Å². The number of nitriles is 1. The van der Waals surface area contributed by atoms with Crippen molar-refractivity contribution in [3.05, 3.63) is 76.4 Å². The molecule has 32 heavy (non-hydrogen) atoms. The van der Waals surface area contributed by atoms with E-state index in [-0.39, 0.29) is 16.7 Å². The topological polar surface area (TPSA) is 76.1 Å². The molecule has 1 atom stereocenters. The molecule has 7 heteroatoms. The first-order valence-corrected chi connectivity index (χ1v) is 13.3. The molecule has 1 amide bonds. The van der Waals surface area contributed by atoms with Crippen molar-refractivity contribution in [1.29, 1.82) is 5.26 Å². The zero-order chi connectivity index (χ0) is 23.9. The minimum atomic E-state index is -3.36. The van der Waals surface area contributed by atoms with Crippen molar-refractivity contribution in [3.8, 4) is 6.07 Å². The molecule has 2 rings (SSSR count). The van der Waals surface area contributed by atoms with E-state index in [1.807, 2.05) is 33.8 Å². The van der Waals surface area contributed by atoms with Gasteiger partial charge in [-0.25, -0.2) is 0 Å². The number of benzene rings is 2. The summed E-state index contributed by atoms with van der Waals surface area (Å²) in [6, 6.07) is 15.3. The van der Waals surface area contributed by atoms with Crippen LogP contribution in [-0.4, -0.2) is 20.1 Å². The van der Waals surface area contributed by atoms with E-state index in [1.165, 1.54) is 18.2 Å². The predicted octanol–water partition coefficient (Wildman–Crippen LogP) is 6.38. The van der Waals surface area contributed by atoms with Crippen LogP contribution in [0.1, 0.15) is 59.5 Å². The molecule has 2 N–H and O–H groups in total. The third-order valence-corrected chi connectivity index (χ3v) is 10.6. The maximum Gasteiger partial charge on any atom is 0.295 e. The van der Waals surface area contributed by atoms with Crippen molar-refractivity contribution in [3.63, 3.8) is 0 Å². The first-order valence-electron chi connectivity index (χ1n) is 10.8. The summed E-state index contributed by atoms with van der Waals surface area (Å²) >= 11 is 0. The van der Waals surface area contributed by atoms with Gasteiger partial charge in [0, 0.05) is 5.56 Å². The highest BCUT2D eigenvalue weighted by molar-refractivity contribution is 6.73. The molecule has 2 aromatic rings.